The number of pyridine rings is 1. The van der Waals surface area contributed by atoms with Crippen LogP contribution in [0, 0.1) is 0 Å². The molecule has 2 N–H and O–H groups in total. The number of hydrogen-bond acceptors (Lipinski definition) is 4. The van der Waals surface area contributed by atoms with Crippen LogP contribution in [0.4, 0.5) is 0 Å². The number of hydrogen-bond donors (Lipinski definition) is 2. The maximum atomic E-state index is 4.52. The summed E-state index contributed by atoms with van der Waals surface area (Å²) in [6.45, 7) is 3.06. The molecule has 5 heteroatoms. The average molecular weight is 267 g/mol. The second kappa shape index (κ2) is 5.79. The third-order valence-corrected chi connectivity index (χ3v) is 3.28. The molecule has 0 aliphatic heterocycles. The van der Waals surface area contributed by atoms with Crippen molar-refractivity contribution in [2.75, 3.05) is 6.54 Å². The predicted molar refractivity (Wildman–Crippen MR) is 78.3 cm³/mol. The maximum Gasteiger partial charge on any atom is 0.146 e. The zero-order valence-corrected chi connectivity index (χ0v) is 11.4. The molecule has 2 aromatic heterocycles. The number of nitrogens with zero attached hydrogens (tertiary/aromatic N) is 3. The van der Waals surface area contributed by atoms with Crippen LogP contribution in [0.2, 0.25) is 0 Å². The lowest BCUT2D eigenvalue weighted by Crippen LogP contribution is -2.24. The van der Waals surface area contributed by atoms with Crippen molar-refractivity contribution in [3.63, 3.8) is 0 Å². The van der Waals surface area contributed by atoms with Gasteiger partial charge in [0.15, 0.2) is 0 Å². The molecule has 20 heavy (non-hydrogen) atoms. The molecule has 0 fully saturated rings. The standard InChI is InChI=1S/C15H17N5/c1-2-8-16-14(15-18-10-19-20-15)12-7-3-5-11-6-4-9-17-13(11)12/h3-7,9-10,14,16H,2,8H2,1H3,(H,18,19,20). The highest BCUT2D eigenvalue weighted by Gasteiger charge is 2.18. The first-order valence-electron chi connectivity index (χ1n) is 6.82. The molecular formula is C15H17N5. The molecule has 5 nitrogen and oxygen atoms in total. The van der Waals surface area contributed by atoms with Crippen LogP contribution in [0.1, 0.15) is 30.8 Å². The second-order valence-corrected chi connectivity index (χ2v) is 4.68. The highest BCUT2D eigenvalue weighted by Crippen LogP contribution is 2.25. The molecule has 102 valence electrons. The van der Waals surface area contributed by atoms with Gasteiger partial charge in [0, 0.05) is 17.1 Å². The Morgan fingerprint density at radius 1 is 1.20 bits per heavy atom. The summed E-state index contributed by atoms with van der Waals surface area (Å²) in [6, 6.07) is 10.2. The smallest absolute Gasteiger partial charge is 0.146 e. The Morgan fingerprint density at radius 2 is 2.10 bits per heavy atom. The fourth-order valence-corrected chi connectivity index (χ4v) is 2.36. The molecule has 0 radical (unpaired) electrons. The summed E-state index contributed by atoms with van der Waals surface area (Å²) in [6.07, 6.45) is 4.42. The van der Waals surface area contributed by atoms with E-state index in [4.69, 9.17) is 0 Å². The summed E-state index contributed by atoms with van der Waals surface area (Å²) in [5.74, 6) is 0.816. The molecular weight excluding hydrogens is 250 g/mol. The van der Waals surface area contributed by atoms with Crippen molar-refractivity contribution in [1.29, 1.82) is 0 Å². The molecule has 1 unspecified atom stereocenters. The quantitative estimate of drug-likeness (QED) is 0.745. The van der Waals surface area contributed by atoms with E-state index in [0.29, 0.717) is 0 Å². The van der Waals surface area contributed by atoms with Gasteiger partial charge in [-0.2, -0.15) is 5.10 Å². The molecule has 0 aliphatic rings. The highest BCUT2D eigenvalue weighted by atomic mass is 15.2. The minimum atomic E-state index is -0.0175. The third-order valence-electron chi connectivity index (χ3n) is 3.28. The largest absolute Gasteiger partial charge is 0.304 e. The first-order chi connectivity index (χ1) is 9.90. The summed E-state index contributed by atoms with van der Waals surface area (Å²) in [5, 5.41) is 11.6. The van der Waals surface area contributed by atoms with E-state index >= 15 is 0 Å². The lowest BCUT2D eigenvalue weighted by Gasteiger charge is -2.17. The van der Waals surface area contributed by atoms with Gasteiger partial charge in [-0.25, -0.2) is 4.98 Å². The van der Waals surface area contributed by atoms with Gasteiger partial charge in [0.25, 0.3) is 0 Å². The van der Waals surface area contributed by atoms with E-state index in [9.17, 15) is 0 Å². The Bertz CT molecular complexity index is 672. The van der Waals surface area contributed by atoms with E-state index in [0.717, 1.165) is 35.3 Å². The molecule has 1 atom stereocenters. The highest BCUT2D eigenvalue weighted by molar-refractivity contribution is 5.82. The van der Waals surface area contributed by atoms with E-state index < -0.39 is 0 Å². The SMILES string of the molecule is CCCNC(c1ncn[nH]1)c1cccc2cccnc12. The number of benzene rings is 1. The van der Waals surface area contributed by atoms with Gasteiger partial charge in [-0.3, -0.25) is 10.1 Å². The van der Waals surface area contributed by atoms with Crippen LogP contribution in [-0.2, 0) is 0 Å². The topological polar surface area (TPSA) is 66.5 Å². The Morgan fingerprint density at radius 3 is 2.90 bits per heavy atom. The number of fused-ring (bicyclic) bond motifs is 1. The minimum absolute atomic E-state index is 0.0175. The van der Waals surface area contributed by atoms with Crippen molar-refractivity contribution < 1.29 is 0 Å². The molecule has 0 aliphatic carbocycles. The van der Waals surface area contributed by atoms with Crippen molar-refractivity contribution >= 4 is 10.9 Å². The molecule has 3 aromatic rings. The molecule has 0 amide bonds. The van der Waals surface area contributed by atoms with Crippen LogP contribution >= 0.6 is 0 Å². The zero-order chi connectivity index (χ0) is 13.8. The van der Waals surface area contributed by atoms with Gasteiger partial charge in [0.2, 0.25) is 0 Å². The van der Waals surface area contributed by atoms with E-state index in [1.807, 2.05) is 12.3 Å². The fraction of sp³-hybridized carbons (Fsp3) is 0.267. The Hall–Kier alpha value is -2.27. The van der Waals surface area contributed by atoms with Gasteiger partial charge in [0.1, 0.15) is 12.2 Å². The first-order valence-corrected chi connectivity index (χ1v) is 6.82. The van der Waals surface area contributed by atoms with Gasteiger partial charge < -0.3 is 5.32 Å². The molecule has 3 rings (SSSR count). The van der Waals surface area contributed by atoms with Crippen LogP contribution in [-0.4, -0.2) is 26.7 Å². The number of H-pyrrole nitrogens is 1. The van der Waals surface area contributed by atoms with Crippen molar-refractivity contribution in [3.8, 4) is 0 Å². The summed E-state index contributed by atoms with van der Waals surface area (Å²) in [4.78, 5) is 8.81. The molecule has 0 saturated carbocycles. The monoisotopic (exact) mass is 267 g/mol. The number of nitrogens with one attached hydrogen (secondary N) is 2. The van der Waals surface area contributed by atoms with Gasteiger partial charge in [0.05, 0.1) is 11.6 Å². The summed E-state index contributed by atoms with van der Waals surface area (Å²) in [5.41, 5.74) is 2.12. The number of aromatic amines is 1. The number of rotatable bonds is 5. The van der Waals surface area contributed by atoms with Gasteiger partial charge >= 0.3 is 0 Å². The fourth-order valence-electron chi connectivity index (χ4n) is 2.36. The third kappa shape index (κ3) is 2.40. The van der Waals surface area contributed by atoms with Crippen LogP contribution in [0.5, 0.6) is 0 Å². The lowest BCUT2D eigenvalue weighted by molar-refractivity contribution is 0.576. The molecule has 0 spiro atoms. The van der Waals surface area contributed by atoms with E-state index in [2.05, 4.69) is 56.7 Å². The van der Waals surface area contributed by atoms with Crippen LogP contribution in [0.3, 0.4) is 0 Å². The van der Waals surface area contributed by atoms with Crippen LogP contribution in [0.15, 0.2) is 42.9 Å². The van der Waals surface area contributed by atoms with Gasteiger partial charge in [-0.15, -0.1) is 0 Å². The minimum Gasteiger partial charge on any atom is -0.304 e. The van der Waals surface area contributed by atoms with E-state index in [-0.39, 0.29) is 6.04 Å². The van der Waals surface area contributed by atoms with Crippen molar-refractivity contribution in [2.24, 2.45) is 0 Å². The van der Waals surface area contributed by atoms with Crippen molar-refractivity contribution in [3.05, 3.63) is 54.2 Å². The first kappa shape index (κ1) is 12.7. The lowest BCUT2D eigenvalue weighted by atomic mass is 10.0. The Labute approximate surface area is 117 Å². The molecule has 2 heterocycles. The van der Waals surface area contributed by atoms with Gasteiger partial charge in [-0.05, 0) is 19.0 Å². The summed E-state index contributed by atoms with van der Waals surface area (Å²) >= 11 is 0. The molecule has 0 saturated heterocycles. The normalized spacial score (nSPS) is 12.7. The van der Waals surface area contributed by atoms with E-state index in [1.54, 1.807) is 0 Å². The molecule has 1 aromatic carbocycles. The van der Waals surface area contributed by atoms with Crippen LogP contribution < -0.4 is 5.32 Å². The summed E-state index contributed by atoms with van der Waals surface area (Å²) < 4.78 is 0. The Balaban J connectivity index is 2.09. The van der Waals surface area contributed by atoms with E-state index in [1.165, 1.54) is 6.33 Å². The zero-order valence-electron chi connectivity index (χ0n) is 11.4. The maximum absolute atomic E-state index is 4.52. The second-order valence-electron chi connectivity index (χ2n) is 4.68. The Kier molecular flexibility index (Phi) is 3.69. The van der Waals surface area contributed by atoms with Crippen molar-refractivity contribution in [2.45, 2.75) is 19.4 Å². The number of aromatic nitrogens is 4. The molecule has 0 bridgehead atoms. The number of para-hydroxylation sites is 1. The van der Waals surface area contributed by atoms with Crippen molar-refractivity contribution in [1.82, 2.24) is 25.5 Å². The van der Waals surface area contributed by atoms with Gasteiger partial charge in [-0.1, -0.05) is 31.2 Å². The summed E-state index contributed by atoms with van der Waals surface area (Å²) in [7, 11) is 0. The van der Waals surface area contributed by atoms with Crippen LogP contribution in [0.25, 0.3) is 10.9 Å². The average Bonchev–Trinajstić information content (AvgIpc) is 3.02. The predicted octanol–water partition coefficient (Wildman–Crippen LogP) is 2.44.